The zero-order chi connectivity index (χ0) is 43.8. The van der Waals surface area contributed by atoms with E-state index in [9.17, 15) is 4.79 Å². The van der Waals surface area contributed by atoms with Gasteiger partial charge in [0.05, 0.1) is 42.7 Å². The van der Waals surface area contributed by atoms with Crippen LogP contribution in [0.4, 0.5) is 0 Å². The lowest BCUT2D eigenvalue weighted by atomic mass is 9.91. The second-order valence-corrected chi connectivity index (χ2v) is 21.3. The van der Waals surface area contributed by atoms with Crippen molar-refractivity contribution in [3.8, 4) is 0 Å². The Morgan fingerprint density at radius 3 is 1.56 bits per heavy atom. The minimum atomic E-state index is -0.780. The topological polar surface area (TPSA) is 90.9 Å². The molecule has 1 aromatic rings. The molecule has 5 aliphatic rings. The average Bonchev–Trinajstić information content (AvgIpc) is 3.56. The highest BCUT2D eigenvalue weighted by atomic mass is 32.2. The zero-order valence-corrected chi connectivity index (χ0v) is 39.5. The Balaban J connectivity index is 1.23. The van der Waals surface area contributed by atoms with E-state index in [4.69, 9.17) is 37.9 Å². The van der Waals surface area contributed by atoms with E-state index >= 15 is 0 Å². The van der Waals surface area contributed by atoms with Crippen molar-refractivity contribution >= 4 is 29.5 Å². The van der Waals surface area contributed by atoms with Gasteiger partial charge in [0, 0.05) is 66.2 Å². The molecule has 0 aliphatic carbocycles. The van der Waals surface area contributed by atoms with E-state index in [0.29, 0.717) is 12.8 Å². The van der Waals surface area contributed by atoms with Crippen molar-refractivity contribution in [1.29, 1.82) is 0 Å². The van der Waals surface area contributed by atoms with Crippen molar-refractivity contribution in [2.45, 2.75) is 189 Å². The Hall–Kier alpha value is -2.45. The Labute approximate surface area is 374 Å². The summed E-state index contributed by atoms with van der Waals surface area (Å²) in [5.41, 5.74) is 0. The molecule has 6 rings (SSSR count). The van der Waals surface area contributed by atoms with Crippen LogP contribution >= 0.6 is 23.5 Å². The normalized spacial score (nSPS) is 38.2. The quantitative estimate of drug-likeness (QED) is 0.215. The third kappa shape index (κ3) is 15.1. The molecule has 3 fully saturated rings. The Morgan fingerprint density at radius 2 is 1.03 bits per heavy atom. The summed E-state index contributed by atoms with van der Waals surface area (Å²) in [5, 5.41) is 0. The molecular weight excluding hydrogens is 809 g/mol. The molecule has 0 amide bonds. The van der Waals surface area contributed by atoms with Gasteiger partial charge in [-0.1, -0.05) is 130 Å². The van der Waals surface area contributed by atoms with E-state index in [0.717, 1.165) is 25.7 Å². The number of fused-ring (bicyclic) bond motifs is 7. The van der Waals surface area contributed by atoms with Crippen LogP contribution in [0.15, 0.2) is 107 Å². The monoisotopic (exact) mass is 878 g/mol. The number of rotatable bonds is 3. The number of allylic oxidation sites excluding steroid dienone is 8. The van der Waals surface area contributed by atoms with Crippen molar-refractivity contribution in [2.75, 3.05) is 0 Å². The molecular formula is C50H70O9S2. The second-order valence-electron chi connectivity index (χ2n) is 18.8. The number of carbonyl (C=O) groups is 1. The number of thioether (sulfide) groups is 2. The van der Waals surface area contributed by atoms with Gasteiger partial charge in [0.25, 0.3) is 0 Å². The van der Waals surface area contributed by atoms with Crippen LogP contribution in [0.5, 0.6) is 0 Å². The van der Waals surface area contributed by atoms with Crippen LogP contribution in [-0.4, -0.2) is 76.9 Å². The fourth-order valence-electron chi connectivity index (χ4n) is 9.06. The van der Waals surface area contributed by atoms with E-state index in [1.165, 1.54) is 15.9 Å². The first-order valence-corrected chi connectivity index (χ1v) is 24.1. The molecule has 9 nitrogen and oxygen atoms in total. The maximum absolute atomic E-state index is 12.9. The van der Waals surface area contributed by atoms with Crippen LogP contribution < -0.4 is 0 Å². The molecule has 336 valence electrons. The standard InChI is InChI=1S/C50H70O9S2/c1-33(2)46-35(4)25-26-36-27-37(55-48(5,6)54-36)28-38-29-39(57-49(7,8)56-38)30-40-31-41(59-50(9,10)58-40)32-42(52-47-60-43-22-19-20-23-44(43)61-47)34(3)21-17-15-13-11-12-14-16-18-24-45(51)53-46/h11-26,33-42,46-47H,27-32H2,1-10H3/b12-11-,15-13-,16-14-,21-17-,24-18-,26-25-/t34-,35-,36-,37-,38+,39-,40+,41+,42+,46-/m1/s1. The number of ether oxygens (including phenoxy) is 8. The smallest absolute Gasteiger partial charge is 0.331 e. The van der Waals surface area contributed by atoms with Crippen LogP contribution in [0, 0.1) is 17.8 Å². The Kier molecular flexibility index (Phi) is 16.9. The summed E-state index contributed by atoms with van der Waals surface area (Å²) >= 11 is 3.55. The number of hydrogen-bond donors (Lipinski definition) is 0. The van der Waals surface area contributed by atoms with E-state index in [-0.39, 0.29) is 77.3 Å². The lowest BCUT2D eigenvalue weighted by Crippen LogP contribution is -2.51. The molecule has 11 heteroatoms. The molecule has 5 heterocycles. The maximum atomic E-state index is 12.9. The van der Waals surface area contributed by atoms with Gasteiger partial charge in [0.1, 0.15) is 6.10 Å². The first kappa shape index (κ1) is 48.0. The molecule has 6 bridgehead atoms. The number of carbonyl (C=O) groups excluding carboxylic acids is 1. The van der Waals surface area contributed by atoms with Gasteiger partial charge in [-0.05, 0) is 59.6 Å². The van der Waals surface area contributed by atoms with Gasteiger partial charge in [-0.3, -0.25) is 0 Å². The molecule has 0 aromatic heterocycles. The van der Waals surface area contributed by atoms with Gasteiger partial charge < -0.3 is 37.9 Å². The first-order chi connectivity index (χ1) is 28.9. The predicted molar refractivity (Wildman–Crippen MR) is 244 cm³/mol. The Bertz CT molecular complexity index is 1750. The minimum absolute atomic E-state index is 0.0214. The molecule has 10 atom stereocenters. The second kappa shape index (κ2) is 21.5. The average molecular weight is 879 g/mol. The summed E-state index contributed by atoms with van der Waals surface area (Å²) < 4.78 is 52.3. The van der Waals surface area contributed by atoms with Crippen LogP contribution in [0.25, 0.3) is 0 Å². The Morgan fingerprint density at radius 1 is 0.574 bits per heavy atom. The fraction of sp³-hybridized carbons (Fsp3) is 0.620. The molecule has 0 saturated carbocycles. The van der Waals surface area contributed by atoms with Crippen molar-refractivity contribution in [1.82, 2.24) is 0 Å². The van der Waals surface area contributed by atoms with Crippen LogP contribution in [-0.2, 0) is 42.7 Å². The third-order valence-electron chi connectivity index (χ3n) is 11.4. The fourth-order valence-corrected chi connectivity index (χ4v) is 11.7. The largest absolute Gasteiger partial charge is 0.458 e. The lowest BCUT2D eigenvalue weighted by molar-refractivity contribution is -0.333. The summed E-state index contributed by atoms with van der Waals surface area (Å²) in [6.45, 7) is 20.4. The van der Waals surface area contributed by atoms with Crippen molar-refractivity contribution in [3.05, 3.63) is 97.2 Å². The van der Waals surface area contributed by atoms with Crippen molar-refractivity contribution in [3.63, 3.8) is 0 Å². The first-order valence-electron chi connectivity index (χ1n) is 22.3. The van der Waals surface area contributed by atoms with Gasteiger partial charge in [-0.25, -0.2) is 4.79 Å². The SMILES string of the molecule is CC(C)[C@H]1OC(=O)\C=C/C=C\C=C/C=C\C=C/[C@@H](C)[C@@H](OC2Sc3ccccc3S2)C[C@@H]2C[C@H](C[C@H]3C[C@H](C[C@H]4C[C@@H](/C=C\[C@H]1C)OC(C)(C)O4)OC(C)(C)O3)OC(C)(C)O2. The van der Waals surface area contributed by atoms with Crippen LogP contribution in [0.2, 0.25) is 0 Å². The number of hydrogen-bond acceptors (Lipinski definition) is 11. The van der Waals surface area contributed by atoms with Crippen LogP contribution in [0.1, 0.15) is 108 Å². The van der Waals surface area contributed by atoms with E-state index in [1.807, 2.05) is 78.0 Å². The molecule has 5 aliphatic heterocycles. The summed E-state index contributed by atoms with van der Waals surface area (Å²) in [5.74, 6) is -2.46. The number of esters is 1. The molecule has 61 heavy (non-hydrogen) atoms. The highest BCUT2D eigenvalue weighted by molar-refractivity contribution is 8.19. The summed E-state index contributed by atoms with van der Waals surface area (Å²) in [7, 11) is 0. The van der Waals surface area contributed by atoms with Crippen molar-refractivity contribution < 1.29 is 42.7 Å². The van der Waals surface area contributed by atoms with E-state index < -0.39 is 17.4 Å². The lowest BCUT2D eigenvalue weighted by Gasteiger charge is -2.47. The molecule has 3 saturated heterocycles. The zero-order valence-electron chi connectivity index (χ0n) is 37.9. The van der Waals surface area contributed by atoms with Gasteiger partial charge in [0.2, 0.25) is 0 Å². The molecule has 1 aromatic carbocycles. The maximum Gasteiger partial charge on any atom is 0.331 e. The van der Waals surface area contributed by atoms with E-state index in [1.54, 1.807) is 29.6 Å². The number of benzene rings is 1. The van der Waals surface area contributed by atoms with Gasteiger partial charge in [-0.15, -0.1) is 0 Å². The number of cyclic esters (lactones) is 1. The molecule has 0 spiro atoms. The van der Waals surface area contributed by atoms with Gasteiger partial charge in [-0.2, -0.15) is 0 Å². The molecule has 0 unspecified atom stereocenters. The van der Waals surface area contributed by atoms with Gasteiger partial charge in [0.15, 0.2) is 22.1 Å². The van der Waals surface area contributed by atoms with E-state index in [2.05, 4.69) is 76.3 Å². The van der Waals surface area contributed by atoms with Crippen molar-refractivity contribution in [2.24, 2.45) is 17.8 Å². The summed E-state index contributed by atoms with van der Waals surface area (Å²) in [6, 6.07) is 8.50. The van der Waals surface area contributed by atoms with Gasteiger partial charge >= 0.3 is 5.97 Å². The highest BCUT2D eigenvalue weighted by Gasteiger charge is 2.44. The molecule has 0 N–H and O–H groups in total. The highest BCUT2D eigenvalue weighted by Crippen LogP contribution is 2.49. The summed E-state index contributed by atoms with van der Waals surface area (Å²) in [4.78, 5) is 15.4. The molecule has 0 radical (unpaired) electrons. The predicted octanol–water partition coefficient (Wildman–Crippen LogP) is 11.6. The minimum Gasteiger partial charge on any atom is -0.458 e. The van der Waals surface area contributed by atoms with Crippen LogP contribution in [0.3, 0.4) is 0 Å². The third-order valence-corrected chi connectivity index (χ3v) is 14.0. The summed E-state index contributed by atoms with van der Waals surface area (Å²) in [6.07, 6.45) is 26.7.